The summed E-state index contributed by atoms with van der Waals surface area (Å²) < 4.78 is 0. The molecule has 0 bridgehead atoms. The molecule has 0 spiro atoms. The van der Waals surface area contributed by atoms with Crippen LogP contribution in [0.5, 0.6) is 0 Å². The molecule has 1 fully saturated rings. The van der Waals surface area contributed by atoms with E-state index in [-0.39, 0.29) is 10.9 Å². The summed E-state index contributed by atoms with van der Waals surface area (Å²) in [5.41, 5.74) is 1.97. The van der Waals surface area contributed by atoms with Crippen molar-refractivity contribution >= 4 is 51.7 Å². The normalized spacial score (nSPS) is 19.0. The average Bonchev–Trinajstić information content (AvgIpc) is 3.24. The summed E-state index contributed by atoms with van der Waals surface area (Å²) >= 11 is 7.59. The van der Waals surface area contributed by atoms with Gasteiger partial charge in [-0.25, -0.2) is 4.90 Å². The molecule has 2 aliphatic rings. The molecule has 0 saturated carbocycles. The second-order valence-corrected chi connectivity index (χ2v) is 8.12. The van der Waals surface area contributed by atoms with Crippen molar-refractivity contribution in [1.29, 1.82) is 0 Å². The van der Waals surface area contributed by atoms with Crippen molar-refractivity contribution in [2.24, 2.45) is 5.92 Å². The van der Waals surface area contributed by atoms with Crippen LogP contribution < -0.4 is 9.80 Å². The van der Waals surface area contributed by atoms with Crippen molar-refractivity contribution in [2.45, 2.75) is 19.8 Å². The van der Waals surface area contributed by atoms with Gasteiger partial charge in [0.2, 0.25) is 0 Å². The van der Waals surface area contributed by atoms with Gasteiger partial charge in [-0.1, -0.05) is 24.6 Å². The first-order valence-corrected chi connectivity index (χ1v) is 9.99. The summed E-state index contributed by atoms with van der Waals surface area (Å²) in [5.74, 6) is -0.0455. The maximum absolute atomic E-state index is 12.8. The maximum Gasteiger partial charge on any atom is 0.277 e. The van der Waals surface area contributed by atoms with E-state index >= 15 is 0 Å². The first-order valence-electron chi connectivity index (χ1n) is 8.73. The molecule has 3 heterocycles. The largest absolute Gasteiger partial charge is 0.372 e. The molecular weight excluding hydrogens is 368 g/mol. The Kier molecular flexibility index (Phi) is 4.59. The Morgan fingerprint density at radius 1 is 1.00 bits per heavy atom. The van der Waals surface area contributed by atoms with E-state index < -0.39 is 5.91 Å². The highest BCUT2D eigenvalue weighted by molar-refractivity contribution is 7.11. The van der Waals surface area contributed by atoms with E-state index in [2.05, 4.69) is 11.8 Å². The summed E-state index contributed by atoms with van der Waals surface area (Å²) in [4.78, 5) is 29.6. The standard InChI is InChI=1S/C20H19ClN2O2S/c1-13-8-10-22(11-9-13)14-4-6-15(7-5-14)23-19(24)17(18(21)20(23)25)16-3-2-12-26-16/h2-7,12-13H,8-11H2,1H3. The molecule has 0 atom stereocenters. The third kappa shape index (κ3) is 2.95. The lowest BCUT2D eigenvalue weighted by atomic mass is 9.99. The van der Waals surface area contributed by atoms with Crippen LogP contribution in [0.25, 0.3) is 5.57 Å². The Balaban J connectivity index is 1.57. The topological polar surface area (TPSA) is 40.6 Å². The van der Waals surface area contributed by atoms with Crippen LogP contribution in [0.1, 0.15) is 24.6 Å². The number of imide groups is 1. The van der Waals surface area contributed by atoms with Gasteiger partial charge in [-0.05, 0) is 54.5 Å². The second-order valence-electron chi connectivity index (χ2n) is 6.80. The highest BCUT2D eigenvalue weighted by Gasteiger charge is 2.39. The van der Waals surface area contributed by atoms with E-state index in [1.807, 2.05) is 35.7 Å². The summed E-state index contributed by atoms with van der Waals surface area (Å²) in [7, 11) is 0. The number of hydrogen-bond acceptors (Lipinski definition) is 4. The number of carbonyl (C=O) groups is 2. The number of carbonyl (C=O) groups excluding carboxylic acids is 2. The lowest BCUT2D eigenvalue weighted by Crippen LogP contribution is -2.33. The zero-order chi connectivity index (χ0) is 18.3. The van der Waals surface area contributed by atoms with Crippen molar-refractivity contribution in [3.63, 3.8) is 0 Å². The Morgan fingerprint density at radius 3 is 2.27 bits per heavy atom. The van der Waals surface area contributed by atoms with Gasteiger partial charge < -0.3 is 4.90 Å². The van der Waals surface area contributed by atoms with E-state index in [0.717, 1.165) is 29.6 Å². The molecule has 0 radical (unpaired) electrons. The van der Waals surface area contributed by atoms with E-state index in [1.54, 1.807) is 6.07 Å². The fraction of sp³-hybridized carbons (Fsp3) is 0.300. The van der Waals surface area contributed by atoms with Gasteiger partial charge in [0, 0.05) is 23.7 Å². The highest BCUT2D eigenvalue weighted by Crippen LogP contribution is 2.37. The van der Waals surface area contributed by atoms with Gasteiger partial charge in [-0.2, -0.15) is 0 Å². The van der Waals surface area contributed by atoms with E-state index in [0.29, 0.717) is 11.3 Å². The van der Waals surface area contributed by atoms with Crippen LogP contribution >= 0.6 is 22.9 Å². The molecule has 2 aliphatic heterocycles. The van der Waals surface area contributed by atoms with Crippen LogP contribution in [-0.2, 0) is 9.59 Å². The van der Waals surface area contributed by atoms with E-state index in [4.69, 9.17) is 11.6 Å². The molecule has 0 N–H and O–H groups in total. The third-order valence-corrected chi connectivity index (χ3v) is 6.29. The van der Waals surface area contributed by atoms with Crippen molar-refractivity contribution in [2.75, 3.05) is 22.9 Å². The Bertz CT molecular complexity index is 866. The number of anilines is 2. The van der Waals surface area contributed by atoms with Crippen LogP contribution in [0.3, 0.4) is 0 Å². The molecule has 2 amide bonds. The first-order chi connectivity index (χ1) is 12.6. The van der Waals surface area contributed by atoms with Gasteiger partial charge in [0.15, 0.2) is 0 Å². The first kappa shape index (κ1) is 17.3. The average molecular weight is 387 g/mol. The van der Waals surface area contributed by atoms with Gasteiger partial charge in [-0.15, -0.1) is 11.3 Å². The van der Waals surface area contributed by atoms with Crippen molar-refractivity contribution in [3.05, 3.63) is 51.7 Å². The number of amides is 2. The Hall–Kier alpha value is -2.11. The third-order valence-electron chi connectivity index (χ3n) is 5.05. The second kappa shape index (κ2) is 6.89. The molecule has 1 aromatic carbocycles. The van der Waals surface area contributed by atoms with Crippen LogP contribution in [-0.4, -0.2) is 24.9 Å². The number of nitrogens with zero attached hydrogens (tertiary/aromatic N) is 2. The predicted octanol–water partition coefficient (Wildman–Crippen LogP) is 4.51. The number of rotatable bonds is 3. The number of benzene rings is 1. The van der Waals surface area contributed by atoms with Gasteiger partial charge in [0.1, 0.15) is 5.03 Å². The molecule has 1 saturated heterocycles. The minimum atomic E-state index is -0.459. The number of thiophene rings is 1. The molecule has 26 heavy (non-hydrogen) atoms. The Morgan fingerprint density at radius 2 is 1.65 bits per heavy atom. The van der Waals surface area contributed by atoms with E-state index in [1.165, 1.54) is 29.1 Å². The quantitative estimate of drug-likeness (QED) is 0.729. The highest BCUT2D eigenvalue weighted by atomic mass is 35.5. The Labute approximate surface area is 161 Å². The van der Waals surface area contributed by atoms with Gasteiger partial charge in [-0.3, -0.25) is 9.59 Å². The van der Waals surface area contributed by atoms with Crippen LogP contribution in [0, 0.1) is 5.92 Å². The van der Waals surface area contributed by atoms with Crippen molar-refractivity contribution in [3.8, 4) is 0 Å². The number of halogens is 1. The monoisotopic (exact) mass is 386 g/mol. The fourth-order valence-corrected chi connectivity index (χ4v) is 4.54. The van der Waals surface area contributed by atoms with Crippen molar-refractivity contribution in [1.82, 2.24) is 0 Å². The van der Waals surface area contributed by atoms with Crippen LogP contribution in [0.15, 0.2) is 46.8 Å². The maximum atomic E-state index is 12.8. The molecule has 0 unspecified atom stereocenters. The zero-order valence-corrected chi connectivity index (χ0v) is 16.0. The SMILES string of the molecule is CC1CCN(c2ccc(N3C(=O)C(Cl)=C(c4cccs4)C3=O)cc2)CC1. The van der Waals surface area contributed by atoms with Crippen molar-refractivity contribution < 1.29 is 9.59 Å². The lowest BCUT2D eigenvalue weighted by molar-refractivity contribution is -0.119. The molecule has 134 valence electrons. The lowest BCUT2D eigenvalue weighted by Gasteiger charge is -2.32. The number of piperidine rings is 1. The molecule has 4 rings (SSSR count). The summed E-state index contributed by atoms with van der Waals surface area (Å²) in [6.07, 6.45) is 2.38. The fourth-order valence-electron chi connectivity index (χ4n) is 3.45. The molecule has 6 heteroatoms. The molecule has 1 aromatic heterocycles. The van der Waals surface area contributed by atoms with Gasteiger partial charge in [0.05, 0.1) is 11.3 Å². The summed E-state index contributed by atoms with van der Waals surface area (Å²) in [5, 5.41) is 1.85. The molecule has 4 nitrogen and oxygen atoms in total. The summed E-state index contributed by atoms with van der Waals surface area (Å²) in [6.45, 7) is 4.36. The smallest absolute Gasteiger partial charge is 0.277 e. The number of hydrogen-bond donors (Lipinski definition) is 0. The molecule has 2 aromatic rings. The predicted molar refractivity (Wildman–Crippen MR) is 107 cm³/mol. The van der Waals surface area contributed by atoms with E-state index in [9.17, 15) is 9.59 Å². The van der Waals surface area contributed by atoms with Gasteiger partial charge >= 0.3 is 0 Å². The molecule has 0 aliphatic carbocycles. The zero-order valence-electron chi connectivity index (χ0n) is 14.4. The summed E-state index contributed by atoms with van der Waals surface area (Å²) in [6, 6.07) is 11.2. The van der Waals surface area contributed by atoms with Crippen LogP contribution in [0.4, 0.5) is 11.4 Å². The minimum absolute atomic E-state index is 0.00783. The van der Waals surface area contributed by atoms with Crippen LogP contribution in [0.2, 0.25) is 0 Å². The minimum Gasteiger partial charge on any atom is -0.372 e. The molecular formula is C20H19ClN2O2S. The van der Waals surface area contributed by atoms with Gasteiger partial charge in [0.25, 0.3) is 11.8 Å².